The van der Waals surface area contributed by atoms with Crippen LogP contribution < -0.4 is 20.3 Å². The van der Waals surface area contributed by atoms with Crippen LogP contribution in [-0.2, 0) is 17.9 Å². The molecule has 2 unspecified atom stereocenters. The number of carbonyl (C=O) groups excluding carboxylic acids is 1. The Balaban J connectivity index is 1.27. The molecule has 0 spiro atoms. The van der Waals surface area contributed by atoms with Crippen molar-refractivity contribution in [2.24, 2.45) is 0 Å². The molecule has 34 heavy (non-hydrogen) atoms. The monoisotopic (exact) mass is 458 g/mol. The summed E-state index contributed by atoms with van der Waals surface area (Å²) in [6.45, 7) is 0.972. The summed E-state index contributed by atoms with van der Waals surface area (Å²) in [5.74, 6) is 1.49. The summed E-state index contributed by atoms with van der Waals surface area (Å²) in [5, 5.41) is 0. The largest absolute Gasteiger partial charge is 0.493 e. The third kappa shape index (κ3) is 5.21. The zero-order valence-electron chi connectivity index (χ0n) is 19.3. The first-order valence-electron chi connectivity index (χ1n) is 11.8. The molecule has 2 heterocycles. The third-order valence-corrected chi connectivity index (χ3v) is 6.40. The van der Waals surface area contributed by atoms with E-state index in [4.69, 9.17) is 9.47 Å². The van der Waals surface area contributed by atoms with Crippen molar-refractivity contribution in [2.75, 3.05) is 7.11 Å². The second kappa shape index (κ2) is 10.2. The molecule has 0 radical (unpaired) electrons. The number of benzene rings is 2. The van der Waals surface area contributed by atoms with Crippen molar-refractivity contribution < 1.29 is 14.3 Å². The van der Waals surface area contributed by atoms with Gasteiger partial charge in [-0.2, -0.15) is 0 Å². The first-order chi connectivity index (χ1) is 16.7. The van der Waals surface area contributed by atoms with Crippen molar-refractivity contribution in [3.05, 3.63) is 89.7 Å². The molecule has 3 aromatic rings. The molecule has 0 bridgehead atoms. The molecule has 2 aliphatic rings. The number of nitrogens with one attached hydrogen (secondary N) is 2. The number of nitrogens with zero attached hydrogens (tertiary/aromatic N) is 2. The highest BCUT2D eigenvalue weighted by molar-refractivity contribution is 5.83. The van der Waals surface area contributed by atoms with Crippen molar-refractivity contribution in [1.82, 2.24) is 20.7 Å². The summed E-state index contributed by atoms with van der Waals surface area (Å²) in [6.07, 6.45) is 6.33. The summed E-state index contributed by atoms with van der Waals surface area (Å²) in [7, 11) is 1.64. The number of hydrogen-bond acceptors (Lipinski definition) is 6. The Morgan fingerprint density at radius 2 is 1.79 bits per heavy atom. The molecule has 1 amide bonds. The fraction of sp³-hybridized carbons (Fsp3) is 0.333. The molecule has 7 nitrogen and oxygen atoms in total. The fourth-order valence-corrected chi connectivity index (χ4v) is 4.36. The van der Waals surface area contributed by atoms with Crippen LogP contribution in [0.25, 0.3) is 0 Å². The minimum Gasteiger partial charge on any atom is -0.493 e. The molecule has 1 saturated heterocycles. The molecule has 176 valence electrons. The number of hydrazine groups is 1. The molecule has 1 saturated carbocycles. The maximum absolute atomic E-state index is 13.5. The molecule has 2 aromatic carbocycles. The highest BCUT2D eigenvalue weighted by Crippen LogP contribution is 2.34. The Kier molecular flexibility index (Phi) is 6.74. The van der Waals surface area contributed by atoms with Gasteiger partial charge in [0.05, 0.1) is 7.11 Å². The number of ether oxygens (including phenoxy) is 2. The maximum Gasteiger partial charge on any atom is 0.241 e. The number of methoxy groups -OCH3 is 1. The number of rotatable bonds is 9. The smallest absolute Gasteiger partial charge is 0.241 e. The summed E-state index contributed by atoms with van der Waals surface area (Å²) in [4.78, 5) is 19.6. The van der Waals surface area contributed by atoms with Gasteiger partial charge in [0.25, 0.3) is 0 Å². The summed E-state index contributed by atoms with van der Waals surface area (Å²) >= 11 is 0. The van der Waals surface area contributed by atoms with Crippen LogP contribution in [0.15, 0.2) is 73.1 Å². The lowest BCUT2D eigenvalue weighted by Gasteiger charge is -2.26. The number of pyridine rings is 1. The number of hydrogen-bond donors (Lipinski definition) is 2. The molecular formula is C27H30N4O3. The van der Waals surface area contributed by atoms with Crippen LogP contribution in [0.1, 0.15) is 42.0 Å². The first-order valence-corrected chi connectivity index (χ1v) is 11.8. The van der Waals surface area contributed by atoms with Gasteiger partial charge in [-0.25, -0.2) is 10.9 Å². The third-order valence-electron chi connectivity index (χ3n) is 6.40. The second-order valence-electron chi connectivity index (χ2n) is 8.87. The van der Waals surface area contributed by atoms with Crippen LogP contribution in [-0.4, -0.2) is 35.0 Å². The van der Waals surface area contributed by atoms with E-state index in [9.17, 15) is 4.79 Å². The highest BCUT2D eigenvalue weighted by Gasteiger charge is 2.39. The van der Waals surface area contributed by atoms with Gasteiger partial charge in [0, 0.05) is 31.0 Å². The zero-order chi connectivity index (χ0) is 23.3. The van der Waals surface area contributed by atoms with E-state index in [0.717, 1.165) is 30.4 Å². The van der Waals surface area contributed by atoms with Crippen LogP contribution in [0.5, 0.6) is 11.5 Å². The molecule has 2 atom stereocenters. The Hall–Kier alpha value is -3.42. The molecule has 1 aliphatic heterocycles. The van der Waals surface area contributed by atoms with Crippen LogP contribution >= 0.6 is 0 Å². The van der Waals surface area contributed by atoms with Gasteiger partial charge < -0.3 is 14.4 Å². The Morgan fingerprint density at radius 1 is 1.00 bits per heavy atom. The molecule has 2 N–H and O–H groups in total. The van der Waals surface area contributed by atoms with Gasteiger partial charge >= 0.3 is 0 Å². The molecular weight excluding hydrogens is 428 g/mol. The summed E-state index contributed by atoms with van der Waals surface area (Å²) in [5.41, 5.74) is 9.78. The Bertz CT molecular complexity index is 1110. The molecule has 5 rings (SSSR count). The fourth-order valence-electron chi connectivity index (χ4n) is 4.36. The van der Waals surface area contributed by atoms with Crippen LogP contribution in [0.3, 0.4) is 0 Å². The molecule has 7 heteroatoms. The normalized spacial score (nSPS) is 19.6. The van der Waals surface area contributed by atoms with E-state index in [1.54, 1.807) is 19.5 Å². The van der Waals surface area contributed by atoms with Crippen molar-refractivity contribution in [3.8, 4) is 11.5 Å². The molecule has 1 aliphatic carbocycles. The second-order valence-corrected chi connectivity index (χ2v) is 8.87. The van der Waals surface area contributed by atoms with Crippen molar-refractivity contribution >= 4 is 5.91 Å². The van der Waals surface area contributed by atoms with Crippen molar-refractivity contribution in [3.63, 3.8) is 0 Å². The average Bonchev–Trinajstić information content (AvgIpc) is 3.61. The van der Waals surface area contributed by atoms with Gasteiger partial charge in [-0.05, 0) is 60.2 Å². The quantitative estimate of drug-likeness (QED) is 0.509. The van der Waals surface area contributed by atoms with Crippen molar-refractivity contribution in [2.45, 2.75) is 50.5 Å². The van der Waals surface area contributed by atoms with Gasteiger partial charge in [-0.3, -0.25) is 9.78 Å². The highest BCUT2D eigenvalue weighted by atomic mass is 16.5. The predicted molar refractivity (Wildman–Crippen MR) is 129 cm³/mol. The minimum absolute atomic E-state index is 0.130. The van der Waals surface area contributed by atoms with Gasteiger partial charge in [0.1, 0.15) is 12.6 Å². The topological polar surface area (TPSA) is 75.7 Å². The van der Waals surface area contributed by atoms with Gasteiger partial charge in [0.2, 0.25) is 5.91 Å². The number of aromatic nitrogens is 1. The molecule has 2 fully saturated rings. The van der Waals surface area contributed by atoms with E-state index in [-0.39, 0.29) is 18.0 Å². The van der Waals surface area contributed by atoms with Gasteiger partial charge in [-0.1, -0.05) is 36.4 Å². The standard InChI is InChI=1S/C27H30N4O3/c1-33-25-10-7-20(15-26(25)34-18-19-11-13-28-14-12-19)17-31(22-8-9-22)27(32)24-16-23(29-30-24)21-5-3-2-4-6-21/h2-7,10-15,22-24,29-30H,8-9,16-18H2,1H3. The van der Waals surface area contributed by atoms with Gasteiger partial charge in [0.15, 0.2) is 11.5 Å². The lowest BCUT2D eigenvalue weighted by molar-refractivity contribution is -0.134. The SMILES string of the molecule is COc1ccc(CN(C(=O)C2CC(c3ccccc3)NN2)C2CC2)cc1OCc1ccncc1. The van der Waals surface area contributed by atoms with Crippen LogP contribution in [0.2, 0.25) is 0 Å². The van der Waals surface area contributed by atoms with E-state index in [1.807, 2.05) is 53.4 Å². The number of carbonyl (C=O) groups is 1. The van der Waals surface area contributed by atoms with E-state index in [1.165, 1.54) is 5.56 Å². The van der Waals surface area contributed by atoms with Crippen LogP contribution in [0.4, 0.5) is 0 Å². The predicted octanol–water partition coefficient (Wildman–Crippen LogP) is 3.77. The van der Waals surface area contributed by atoms with E-state index >= 15 is 0 Å². The lowest BCUT2D eigenvalue weighted by atomic mass is 10.0. The lowest BCUT2D eigenvalue weighted by Crippen LogP contribution is -2.46. The maximum atomic E-state index is 13.5. The van der Waals surface area contributed by atoms with E-state index in [2.05, 4.69) is 28.0 Å². The van der Waals surface area contributed by atoms with E-state index < -0.39 is 0 Å². The summed E-state index contributed by atoms with van der Waals surface area (Å²) in [6, 6.07) is 20.2. The van der Waals surface area contributed by atoms with Gasteiger partial charge in [-0.15, -0.1) is 0 Å². The zero-order valence-corrected chi connectivity index (χ0v) is 19.3. The Labute approximate surface area is 200 Å². The number of amides is 1. The average molecular weight is 459 g/mol. The minimum atomic E-state index is -0.244. The summed E-state index contributed by atoms with van der Waals surface area (Å²) < 4.78 is 11.6. The Morgan fingerprint density at radius 3 is 2.53 bits per heavy atom. The van der Waals surface area contributed by atoms with Crippen molar-refractivity contribution in [1.29, 1.82) is 0 Å². The molecule has 1 aromatic heterocycles. The van der Waals surface area contributed by atoms with E-state index in [0.29, 0.717) is 30.7 Å². The van der Waals surface area contributed by atoms with Crippen LogP contribution in [0, 0.1) is 0 Å². The first kappa shape index (κ1) is 22.4.